The maximum atomic E-state index is 13.2. The molecular weight excluding hydrogens is 552 g/mol. The topological polar surface area (TPSA) is 100 Å². The molecule has 0 saturated carbocycles. The first-order valence-corrected chi connectivity index (χ1v) is 14.1. The van der Waals surface area contributed by atoms with Crippen LogP contribution >= 0.6 is 34.7 Å². The van der Waals surface area contributed by atoms with Gasteiger partial charge >= 0.3 is 0 Å². The Labute approximate surface area is 239 Å². The minimum atomic E-state index is -0.485. The first-order chi connectivity index (χ1) is 18.8. The molecule has 198 valence electrons. The molecule has 0 spiro atoms. The molecule has 0 bridgehead atoms. The number of halogens is 1. The second-order valence-corrected chi connectivity index (χ2v) is 11.2. The summed E-state index contributed by atoms with van der Waals surface area (Å²) in [5.41, 5.74) is 2.60. The lowest BCUT2D eigenvalue weighted by atomic mass is 10.1. The van der Waals surface area contributed by atoms with E-state index in [0.29, 0.717) is 27.0 Å². The van der Waals surface area contributed by atoms with Gasteiger partial charge in [0.25, 0.3) is 11.8 Å². The quantitative estimate of drug-likeness (QED) is 0.153. The van der Waals surface area contributed by atoms with E-state index >= 15 is 0 Å². The molecule has 0 aliphatic heterocycles. The number of anilines is 2. The van der Waals surface area contributed by atoms with Crippen LogP contribution in [-0.2, 0) is 9.59 Å². The van der Waals surface area contributed by atoms with Crippen molar-refractivity contribution in [3.05, 3.63) is 112 Å². The third-order valence-corrected chi connectivity index (χ3v) is 7.59. The van der Waals surface area contributed by atoms with Crippen molar-refractivity contribution in [2.24, 2.45) is 0 Å². The van der Waals surface area contributed by atoms with Crippen LogP contribution in [-0.4, -0.2) is 28.0 Å². The zero-order valence-corrected chi connectivity index (χ0v) is 23.5. The number of thiazole rings is 1. The molecule has 0 aliphatic carbocycles. The van der Waals surface area contributed by atoms with E-state index in [9.17, 15) is 14.4 Å². The predicted molar refractivity (Wildman–Crippen MR) is 159 cm³/mol. The maximum Gasteiger partial charge on any atom is 0.272 e. The van der Waals surface area contributed by atoms with Crippen LogP contribution in [0.3, 0.4) is 0 Å². The maximum absolute atomic E-state index is 13.2. The monoisotopic (exact) mass is 576 g/mol. The van der Waals surface area contributed by atoms with Gasteiger partial charge in [0.15, 0.2) is 5.13 Å². The Morgan fingerprint density at radius 1 is 0.949 bits per heavy atom. The molecule has 1 aromatic heterocycles. The van der Waals surface area contributed by atoms with Crippen molar-refractivity contribution in [2.45, 2.75) is 24.0 Å². The van der Waals surface area contributed by atoms with Crippen LogP contribution in [0.25, 0.3) is 6.08 Å². The van der Waals surface area contributed by atoms with Crippen molar-refractivity contribution in [3.63, 3.8) is 0 Å². The SMILES string of the molecule is Cc1csc(NC(=O)C(C)Sc2ccc(NC(=O)/C(=C/c3ccc(Cl)cc3)NC(=O)c3ccccc3)cc2)n1. The fourth-order valence-electron chi connectivity index (χ4n) is 3.36. The van der Waals surface area contributed by atoms with Crippen LogP contribution in [0.4, 0.5) is 10.8 Å². The summed E-state index contributed by atoms with van der Waals surface area (Å²) in [7, 11) is 0. The number of carbonyl (C=O) groups is 3. The number of carbonyl (C=O) groups excluding carboxylic acids is 3. The van der Waals surface area contributed by atoms with Gasteiger partial charge in [-0.2, -0.15) is 0 Å². The second kappa shape index (κ2) is 13.2. The minimum Gasteiger partial charge on any atom is -0.321 e. The summed E-state index contributed by atoms with van der Waals surface area (Å²) in [6.07, 6.45) is 1.58. The highest BCUT2D eigenvalue weighted by Gasteiger charge is 2.17. The zero-order chi connectivity index (χ0) is 27.8. The lowest BCUT2D eigenvalue weighted by molar-refractivity contribution is -0.115. The summed E-state index contributed by atoms with van der Waals surface area (Å²) in [4.78, 5) is 43.6. The Morgan fingerprint density at radius 2 is 1.64 bits per heavy atom. The van der Waals surface area contributed by atoms with E-state index in [1.807, 2.05) is 37.4 Å². The highest BCUT2D eigenvalue weighted by molar-refractivity contribution is 8.00. The fourth-order valence-corrected chi connectivity index (χ4v) is 5.04. The Morgan fingerprint density at radius 3 is 2.28 bits per heavy atom. The molecule has 4 aromatic rings. The molecule has 39 heavy (non-hydrogen) atoms. The molecule has 1 heterocycles. The normalized spacial score (nSPS) is 11.9. The smallest absolute Gasteiger partial charge is 0.272 e. The van der Waals surface area contributed by atoms with Crippen LogP contribution in [0, 0.1) is 6.92 Å². The van der Waals surface area contributed by atoms with Crippen LogP contribution in [0.5, 0.6) is 0 Å². The van der Waals surface area contributed by atoms with Crippen molar-refractivity contribution in [2.75, 3.05) is 10.6 Å². The molecule has 4 rings (SSSR count). The van der Waals surface area contributed by atoms with E-state index in [1.165, 1.54) is 23.1 Å². The van der Waals surface area contributed by atoms with E-state index < -0.39 is 11.8 Å². The van der Waals surface area contributed by atoms with Gasteiger partial charge in [-0.3, -0.25) is 14.4 Å². The number of hydrogen-bond donors (Lipinski definition) is 3. The van der Waals surface area contributed by atoms with Gasteiger partial charge in [-0.05, 0) is 74.0 Å². The van der Waals surface area contributed by atoms with Crippen LogP contribution < -0.4 is 16.0 Å². The summed E-state index contributed by atoms with van der Waals surface area (Å²) < 4.78 is 0. The van der Waals surface area contributed by atoms with E-state index in [1.54, 1.807) is 66.7 Å². The van der Waals surface area contributed by atoms with Gasteiger partial charge in [0, 0.05) is 26.5 Å². The van der Waals surface area contributed by atoms with E-state index in [0.717, 1.165) is 10.6 Å². The Kier molecular flexibility index (Phi) is 9.54. The second-order valence-electron chi connectivity index (χ2n) is 8.45. The number of aryl methyl sites for hydroxylation is 1. The summed E-state index contributed by atoms with van der Waals surface area (Å²) in [6, 6.07) is 22.7. The van der Waals surface area contributed by atoms with Gasteiger partial charge in [0.1, 0.15) is 5.70 Å². The van der Waals surface area contributed by atoms with Crippen molar-refractivity contribution in [1.29, 1.82) is 0 Å². The van der Waals surface area contributed by atoms with Crippen LogP contribution in [0.15, 0.2) is 94.8 Å². The van der Waals surface area contributed by atoms with Gasteiger partial charge in [-0.1, -0.05) is 41.9 Å². The van der Waals surface area contributed by atoms with Crippen molar-refractivity contribution in [1.82, 2.24) is 10.3 Å². The van der Waals surface area contributed by atoms with Crippen LogP contribution in [0.2, 0.25) is 5.02 Å². The van der Waals surface area contributed by atoms with Gasteiger partial charge in [0.05, 0.1) is 10.9 Å². The van der Waals surface area contributed by atoms with E-state index in [-0.39, 0.29) is 16.9 Å². The third kappa shape index (κ3) is 8.28. The number of nitrogens with zero attached hydrogens (tertiary/aromatic N) is 1. The Bertz CT molecular complexity index is 1490. The largest absolute Gasteiger partial charge is 0.321 e. The first kappa shape index (κ1) is 28.1. The van der Waals surface area contributed by atoms with Gasteiger partial charge in [-0.15, -0.1) is 23.1 Å². The Hall–Kier alpha value is -3.92. The number of amides is 3. The molecule has 0 radical (unpaired) electrons. The van der Waals surface area contributed by atoms with E-state index in [2.05, 4.69) is 20.9 Å². The highest BCUT2D eigenvalue weighted by Crippen LogP contribution is 2.26. The molecule has 7 nitrogen and oxygen atoms in total. The Balaban J connectivity index is 1.43. The van der Waals surface area contributed by atoms with E-state index in [4.69, 9.17) is 11.6 Å². The molecule has 3 N–H and O–H groups in total. The molecule has 0 aliphatic rings. The molecule has 3 aromatic carbocycles. The molecule has 1 atom stereocenters. The average molecular weight is 577 g/mol. The lowest BCUT2D eigenvalue weighted by Gasteiger charge is -2.13. The van der Waals surface area contributed by atoms with Crippen molar-refractivity contribution >= 4 is 69.3 Å². The molecule has 10 heteroatoms. The molecule has 0 fully saturated rings. The first-order valence-electron chi connectivity index (χ1n) is 11.9. The summed E-state index contributed by atoms with van der Waals surface area (Å²) in [6.45, 7) is 3.69. The zero-order valence-electron chi connectivity index (χ0n) is 21.1. The third-order valence-electron chi connectivity index (χ3n) is 5.35. The standard InChI is InChI=1S/C29H25ClN4O3S2/c1-18-17-38-29(31-18)34-26(35)19(2)39-24-14-12-23(13-15-24)32-28(37)25(16-20-8-10-22(30)11-9-20)33-27(36)21-6-4-3-5-7-21/h3-17,19H,1-2H3,(H,32,37)(H,33,36)(H,31,34,35)/b25-16-. The van der Waals surface area contributed by atoms with Gasteiger partial charge in [-0.25, -0.2) is 4.98 Å². The summed E-state index contributed by atoms with van der Waals surface area (Å²) in [5, 5.41) is 11.0. The number of rotatable bonds is 9. The van der Waals surface area contributed by atoms with Gasteiger partial charge in [0.2, 0.25) is 5.91 Å². The number of aromatic nitrogens is 1. The summed E-state index contributed by atoms with van der Waals surface area (Å²) >= 11 is 8.76. The molecule has 1 unspecified atom stereocenters. The number of nitrogens with one attached hydrogen (secondary N) is 3. The molecule has 3 amide bonds. The van der Waals surface area contributed by atoms with Crippen LogP contribution in [0.1, 0.15) is 28.5 Å². The molecular formula is C29H25ClN4O3S2. The van der Waals surface area contributed by atoms with Gasteiger partial charge < -0.3 is 16.0 Å². The number of thioether (sulfide) groups is 1. The predicted octanol–water partition coefficient (Wildman–Crippen LogP) is 6.63. The number of hydrogen-bond acceptors (Lipinski definition) is 6. The minimum absolute atomic E-state index is 0.0762. The molecule has 0 saturated heterocycles. The summed E-state index contributed by atoms with van der Waals surface area (Å²) in [5.74, 6) is -1.03. The fraction of sp³-hybridized carbons (Fsp3) is 0.103. The van der Waals surface area contributed by atoms with Crippen molar-refractivity contribution in [3.8, 4) is 0 Å². The number of benzene rings is 3. The van der Waals surface area contributed by atoms with Crippen molar-refractivity contribution < 1.29 is 14.4 Å². The lowest BCUT2D eigenvalue weighted by Crippen LogP contribution is -2.30. The highest BCUT2D eigenvalue weighted by atomic mass is 35.5. The average Bonchev–Trinajstić information content (AvgIpc) is 3.35.